The molecule has 0 heteroatoms. The second-order valence-corrected chi connectivity index (χ2v) is 8.07. The molecule has 6 rings (SSSR count). The summed E-state index contributed by atoms with van der Waals surface area (Å²) < 4.78 is 0. The van der Waals surface area contributed by atoms with Crippen molar-refractivity contribution in [2.24, 2.45) is 17.8 Å². The molecule has 111 valence electrons. The minimum absolute atomic E-state index is 0.506. The van der Waals surface area contributed by atoms with E-state index < -0.39 is 0 Å². The van der Waals surface area contributed by atoms with Gasteiger partial charge in [-0.3, -0.25) is 0 Å². The largest absolute Gasteiger partial charge is 0.0614 e. The highest BCUT2D eigenvalue weighted by Gasteiger charge is 2.51. The van der Waals surface area contributed by atoms with Gasteiger partial charge in [-0.25, -0.2) is 0 Å². The molecule has 0 atom stereocenters. The highest BCUT2D eigenvalue weighted by Crippen LogP contribution is 2.60. The maximum atomic E-state index is 3.13. The Kier molecular flexibility index (Phi) is 2.77. The van der Waals surface area contributed by atoms with Crippen LogP contribution in [0.4, 0.5) is 0 Å². The fraction of sp³-hybridized carbons (Fsp3) is 0.455. The fourth-order valence-corrected chi connectivity index (χ4v) is 6.07. The quantitative estimate of drug-likeness (QED) is 0.672. The van der Waals surface area contributed by atoms with Gasteiger partial charge in [0.15, 0.2) is 0 Å². The highest BCUT2D eigenvalue weighted by molar-refractivity contribution is 5.64. The van der Waals surface area contributed by atoms with Crippen LogP contribution in [0.1, 0.15) is 44.1 Å². The SMILES string of the molecule is [c]1ccc(-c2cccc(C34CC5CC(CC(C5)C3)C4)c2)cc1. The summed E-state index contributed by atoms with van der Waals surface area (Å²) in [5.41, 5.74) is 4.83. The van der Waals surface area contributed by atoms with Crippen LogP contribution in [0, 0.1) is 23.8 Å². The molecule has 0 amide bonds. The summed E-state index contributed by atoms with van der Waals surface area (Å²) >= 11 is 0. The standard InChI is InChI=1S/C22H23/c1-2-5-19(6-3-1)20-7-4-8-21(12-20)22-13-16-9-17(14-22)11-18(10-16)15-22/h2-8,12,16-18H,9-11,13-15H2. The van der Waals surface area contributed by atoms with E-state index in [-0.39, 0.29) is 0 Å². The minimum atomic E-state index is 0.506. The van der Waals surface area contributed by atoms with E-state index in [1.807, 2.05) is 12.1 Å². The predicted octanol–water partition coefficient (Wildman–Crippen LogP) is 5.62. The number of benzene rings is 2. The van der Waals surface area contributed by atoms with Crippen molar-refractivity contribution in [2.75, 3.05) is 0 Å². The Morgan fingerprint density at radius 3 is 2.05 bits per heavy atom. The third kappa shape index (κ3) is 1.96. The van der Waals surface area contributed by atoms with Crippen molar-refractivity contribution in [3.63, 3.8) is 0 Å². The molecule has 2 aromatic carbocycles. The van der Waals surface area contributed by atoms with Crippen LogP contribution in [0.25, 0.3) is 11.1 Å². The first-order chi connectivity index (χ1) is 10.8. The fourth-order valence-electron chi connectivity index (χ4n) is 6.07. The Bertz CT molecular complexity index is 647. The van der Waals surface area contributed by atoms with Gasteiger partial charge in [0, 0.05) is 0 Å². The van der Waals surface area contributed by atoms with E-state index >= 15 is 0 Å². The van der Waals surface area contributed by atoms with E-state index in [4.69, 9.17) is 0 Å². The Morgan fingerprint density at radius 1 is 0.773 bits per heavy atom. The van der Waals surface area contributed by atoms with E-state index in [1.54, 1.807) is 5.56 Å². The monoisotopic (exact) mass is 287 g/mol. The summed E-state index contributed by atoms with van der Waals surface area (Å²) in [6.07, 6.45) is 8.91. The molecule has 4 aliphatic rings. The van der Waals surface area contributed by atoms with E-state index in [1.165, 1.54) is 49.7 Å². The molecule has 0 N–H and O–H groups in total. The van der Waals surface area contributed by atoms with E-state index in [9.17, 15) is 0 Å². The van der Waals surface area contributed by atoms with Crippen molar-refractivity contribution in [3.05, 3.63) is 60.2 Å². The minimum Gasteiger partial charge on any atom is -0.0614 e. The number of hydrogen-bond acceptors (Lipinski definition) is 0. The van der Waals surface area contributed by atoms with Crippen LogP contribution in [0.15, 0.2) is 48.5 Å². The maximum absolute atomic E-state index is 3.13. The predicted molar refractivity (Wildman–Crippen MR) is 90.6 cm³/mol. The molecule has 22 heavy (non-hydrogen) atoms. The summed E-state index contributed by atoms with van der Waals surface area (Å²) in [6.45, 7) is 0. The molecule has 0 aromatic heterocycles. The third-order valence-electron chi connectivity index (χ3n) is 6.56. The van der Waals surface area contributed by atoms with Crippen molar-refractivity contribution in [3.8, 4) is 11.1 Å². The van der Waals surface area contributed by atoms with E-state index in [0.29, 0.717) is 5.41 Å². The Morgan fingerprint density at radius 2 is 1.41 bits per heavy atom. The highest BCUT2D eigenvalue weighted by atomic mass is 14.6. The molecule has 4 fully saturated rings. The zero-order chi connectivity index (χ0) is 14.6. The van der Waals surface area contributed by atoms with Crippen LogP contribution in [0.2, 0.25) is 0 Å². The molecule has 0 nitrogen and oxygen atoms in total. The lowest BCUT2D eigenvalue weighted by Crippen LogP contribution is -2.48. The summed E-state index contributed by atoms with van der Waals surface area (Å²) in [5, 5.41) is 0. The summed E-state index contributed by atoms with van der Waals surface area (Å²) in [4.78, 5) is 0. The second kappa shape index (κ2) is 4.72. The van der Waals surface area contributed by atoms with Gasteiger partial charge < -0.3 is 0 Å². The van der Waals surface area contributed by atoms with Gasteiger partial charge in [0.2, 0.25) is 0 Å². The van der Waals surface area contributed by atoms with Gasteiger partial charge in [-0.2, -0.15) is 0 Å². The van der Waals surface area contributed by atoms with Crippen LogP contribution >= 0.6 is 0 Å². The average Bonchev–Trinajstić information content (AvgIpc) is 2.55. The first-order valence-corrected chi connectivity index (χ1v) is 8.88. The zero-order valence-electron chi connectivity index (χ0n) is 13.1. The van der Waals surface area contributed by atoms with Gasteiger partial charge in [0.05, 0.1) is 0 Å². The van der Waals surface area contributed by atoms with Crippen molar-refractivity contribution in [2.45, 2.75) is 43.9 Å². The molecule has 0 aliphatic heterocycles. The van der Waals surface area contributed by atoms with Crippen LogP contribution < -0.4 is 0 Å². The van der Waals surface area contributed by atoms with E-state index in [2.05, 4.69) is 42.5 Å². The average molecular weight is 287 g/mol. The molecule has 4 bridgehead atoms. The van der Waals surface area contributed by atoms with Crippen molar-refractivity contribution in [1.29, 1.82) is 0 Å². The lowest BCUT2D eigenvalue weighted by Gasteiger charge is -2.57. The molecular formula is C22H23. The second-order valence-electron chi connectivity index (χ2n) is 8.07. The molecule has 0 saturated heterocycles. The molecular weight excluding hydrogens is 264 g/mol. The summed E-state index contributed by atoms with van der Waals surface area (Å²) in [7, 11) is 0. The Hall–Kier alpha value is -1.56. The molecule has 1 radical (unpaired) electrons. The molecule has 0 spiro atoms. The summed E-state index contributed by atoms with van der Waals surface area (Å²) in [5.74, 6) is 3.05. The maximum Gasteiger partial charge on any atom is -0.00388 e. The van der Waals surface area contributed by atoms with Gasteiger partial charge in [0.25, 0.3) is 0 Å². The van der Waals surface area contributed by atoms with Crippen LogP contribution in [0.3, 0.4) is 0 Å². The third-order valence-corrected chi connectivity index (χ3v) is 6.56. The molecule has 4 aliphatic carbocycles. The van der Waals surface area contributed by atoms with Crippen LogP contribution in [-0.2, 0) is 5.41 Å². The van der Waals surface area contributed by atoms with Gasteiger partial charge in [0.1, 0.15) is 0 Å². The van der Waals surface area contributed by atoms with Crippen molar-refractivity contribution >= 4 is 0 Å². The zero-order valence-corrected chi connectivity index (χ0v) is 13.1. The first-order valence-electron chi connectivity index (χ1n) is 8.88. The van der Waals surface area contributed by atoms with Gasteiger partial charge in [-0.05, 0) is 84.5 Å². The van der Waals surface area contributed by atoms with E-state index in [0.717, 1.165) is 17.8 Å². The molecule has 2 aromatic rings. The topological polar surface area (TPSA) is 0 Å². The van der Waals surface area contributed by atoms with Gasteiger partial charge >= 0.3 is 0 Å². The van der Waals surface area contributed by atoms with Crippen molar-refractivity contribution < 1.29 is 0 Å². The number of hydrogen-bond donors (Lipinski definition) is 0. The van der Waals surface area contributed by atoms with Gasteiger partial charge in [-0.15, -0.1) is 0 Å². The van der Waals surface area contributed by atoms with Crippen LogP contribution in [0.5, 0.6) is 0 Å². The smallest absolute Gasteiger partial charge is 0.00388 e. The first kappa shape index (κ1) is 12.9. The molecule has 0 heterocycles. The van der Waals surface area contributed by atoms with Crippen LogP contribution in [-0.4, -0.2) is 0 Å². The Labute approximate surface area is 133 Å². The molecule has 0 unspecified atom stereocenters. The number of rotatable bonds is 2. The van der Waals surface area contributed by atoms with Gasteiger partial charge in [-0.1, -0.05) is 48.5 Å². The Balaban J connectivity index is 1.56. The lowest BCUT2D eigenvalue weighted by atomic mass is 9.48. The molecule has 4 saturated carbocycles. The lowest BCUT2D eigenvalue weighted by molar-refractivity contribution is -0.00516. The summed E-state index contributed by atoms with van der Waals surface area (Å²) in [6, 6.07) is 21.0. The normalized spacial score (nSPS) is 35.7. The van der Waals surface area contributed by atoms with Crippen molar-refractivity contribution in [1.82, 2.24) is 0 Å².